The van der Waals surface area contributed by atoms with Crippen LogP contribution in [0.5, 0.6) is 0 Å². The minimum atomic E-state index is 0.875. The summed E-state index contributed by atoms with van der Waals surface area (Å²) in [6.07, 6.45) is 0. The van der Waals surface area contributed by atoms with Crippen LogP contribution in [0, 0.1) is 0 Å². The Hall–Kier alpha value is -0.570. The van der Waals surface area contributed by atoms with E-state index in [-0.39, 0.29) is 0 Å². The second-order valence-electron chi connectivity index (χ2n) is 1.31. The average molecular weight is 85.1 g/mol. The molecule has 2 N–H and O–H groups in total. The van der Waals surface area contributed by atoms with Crippen LogP contribution < -0.4 is 11.0 Å². The molecule has 1 aliphatic heterocycles. The van der Waals surface area contributed by atoms with Crippen LogP contribution in [-0.2, 0) is 0 Å². The molecule has 0 atom stereocenters. The van der Waals surface area contributed by atoms with Crippen molar-refractivity contribution >= 4 is 5.71 Å². The van der Waals surface area contributed by atoms with E-state index in [1.165, 1.54) is 0 Å². The van der Waals surface area contributed by atoms with E-state index in [0.29, 0.717) is 0 Å². The summed E-state index contributed by atoms with van der Waals surface area (Å²) in [7, 11) is 0. The van der Waals surface area contributed by atoms with Gasteiger partial charge in [-0.1, -0.05) is 0 Å². The first-order valence-electron chi connectivity index (χ1n) is 1.90. The van der Waals surface area contributed by atoms with Crippen molar-refractivity contribution < 1.29 is 0 Å². The number of rotatable bonds is 0. The van der Waals surface area contributed by atoms with Crippen molar-refractivity contribution in [3.63, 3.8) is 0 Å². The molecule has 1 heterocycles. The molecule has 3 nitrogen and oxygen atoms in total. The van der Waals surface area contributed by atoms with Crippen LogP contribution in [0.4, 0.5) is 0 Å². The van der Waals surface area contributed by atoms with E-state index in [9.17, 15) is 0 Å². The van der Waals surface area contributed by atoms with Gasteiger partial charge in [0.25, 0.3) is 0 Å². The highest BCUT2D eigenvalue weighted by atomic mass is 15.6. The van der Waals surface area contributed by atoms with Crippen LogP contribution in [0.2, 0.25) is 0 Å². The highest BCUT2D eigenvalue weighted by Gasteiger charge is 1.93. The van der Waals surface area contributed by atoms with Gasteiger partial charge in [0.1, 0.15) is 0 Å². The molecular weight excluding hydrogens is 78.1 g/mol. The predicted molar refractivity (Wildman–Crippen MR) is 24.2 cm³/mol. The molecule has 1 rings (SSSR count). The molecule has 0 aromatic carbocycles. The van der Waals surface area contributed by atoms with Crippen molar-refractivity contribution in [2.24, 2.45) is 5.10 Å². The molecule has 0 spiro atoms. The predicted octanol–water partition coefficient (Wildman–Crippen LogP) is -0.530. The zero-order valence-corrected chi connectivity index (χ0v) is 3.65. The first-order valence-corrected chi connectivity index (χ1v) is 1.90. The summed E-state index contributed by atoms with van der Waals surface area (Å²) in [4.78, 5) is 0. The molecule has 6 heavy (non-hydrogen) atoms. The fraction of sp³-hybridized carbons (Fsp3) is 0.667. The monoisotopic (exact) mass is 85.1 g/mol. The van der Waals surface area contributed by atoms with Gasteiger partial charge < -0.3 is 0 Å². The van der Waals surface area contributed by atoms with Gasteiger partial charge in [0.2, 0.25) is 0 Å². The largest absolute Gasteiger partial charge is 0.243 e. The molecule has 1 aliphatic rings. The molecule has 0 amide bonds. The molecule has 0 unspecified atom stereocenters. The number of nitrogens with zero attached hydrogens (tertiary/aromatic N) is 1. The summed E-state index contributed by atoms with van der Waals surface area (Å²) < 4.78 is 0. The summed E-state index contributed by atoms with van der Waals surface area (Å²) >= 11 is 0. The van der Waals surface area contributed by atoms with Crippen LogP contribution >= 0.6 is 0 Å². The van der Waals surface area contributed by atoms with Crippen molar-refractivity contribution in [2.75, 3.05) is 6.54 Å². The Bertz CT molecular complexity index is 76.1. The Morgan fingerprint density at radius 3 is 2.83 bits per heavy atom. The third kappa shape index (κ3) is 0.490. The number of nitrogens with one attached hydrogen (secondary N) is 2. The Labute approximate surface area is 36.4 Å². The van der Waals surface area contributed by atoms with Crippen LogP contribution in [0.25, 0.3) is 0 Å². The number of hydrazine groups is 1. The normalized spacial score (nSPS) is 19.8. The molecule has 0 saturated heterocycles. The van der Waals surface area contributed by atoms with Crippen molar-refractivity contribution in [3.05, 3.63) is 0 Å². The smallest absolute Gasteiger partial charge is 0.0563 e. The summed E-state index contributed by atoms with van der Waals surface area (Å²) in [5, 5.41) is 3.79. The maximum Gasteiger partial charge on any atom is 0.0563 e. The Morgan fingerprint density at radius 2 is 2.67 bits per heavy atom. The first-order chi connectivity index (χ1) is 2.89. The second kappa shape index (κ2) is 1.26. The molecule has 3 heteroatoms. The standard InChI is InChI=1S/C3H7N3/c1-3-2-4-6-5-3/h4,6H,2H2,1H3. The fourth-order valence-electron chi connectivity index (χ4n) is 0.342. The summed E-state index contributed by atoms with van der Waals surface area (Å²) in [5.74, 6) is 0. The zero-order chi connectivity index (χ0) is 4.41. The molecule has 0 aromatic heterocycles. The highest BCUT2D eigenvalue weighted by molar-refractivity contribution is 5.84. The lowest BCUT2D eigenvalue weighted by Gasteiger charge is -1.81. The van der Waals surface area contributed by atoms with Gasteiger partial charge in [-0.3, -0.25) is 0 Å². The number of hydrogen-bond donors (Lipinski definition) is 2. The van der Waals surface area contributed by atoms with Crippen molar-refractivity contribution in [1.82, 2.24) is 11.0 Å². The van der Waals surface area contributed by atoms with Gasteiger partial charge in [0.05, 0.1) is 12.3 Å². The van der Waals surface area contributed by atoms with E-state index in [4.69, 9.17) is 0 Å². The molecule has 0 fully saturated rings. The Morgan fingerprint density at radius 1 is 1.83 bits per heavy atom. The van der Waals surface area contributed by atoms with Gasteiger partial charge in [0, 0.05) is 0 Å². The highest BCUT2D eigenvalue weighted by Crippen LogP contribution is 1.74. The number of hydrogen-bond acceptors (Lipinski definition) is 3. The van der Waals surface area contributed by atoms with Gasteiger partial charge in [-0.2, -0.15) is 5.10 Å². The molecule has 34 valence electrons. The lowest BCUT2D eigenvalue weighted by Crippen LogP contribution is -2.21. The molecular formula is C3H7N3. The van der Waals surface area contributed by atoms with E-state index >= 15 is 0 Å². The number of hydrazone groups is 1. The quantitative estimate of drug-likeness (QED) is 0.415. The lowest BCUT2D eigenvalue weighted by atomic mass is 10.4. The summed E-state index contributed by atoms with van der Waals surface area (Å²) in [6.45, 7) is 2.84. The van der Waals surface area contributed by atoms with Gasteiger partial charge >= 0.3 is 0 Å². The van der Waals surface area contributed by atoms with Crippen LogP contribution in [0.15, 0.2) is 5.10 Å². The van der Waals surface area contributed by atoms with Gasteiger partial charge in [0.15, 0.2) is 0 Å². The van der Waals surface area contributed by atoms with Gasteiger partial charge in [-0.05, 0) is 6.92 Å². The van der Waals surface area contributed by atoms with E-state index in [1.54, 1.807) is 0 Å². The third-order valence-corrected chi connectivity index (χ3v) is 0.670. The minimum Gasteiger partial charge on any atom is -0.243 e. The van der Waals surface area contributed by atoms with E-state index in [1.807, 2.05) is 6.92 Å². The van der Waals surface area contributed by atoms with E-state index in [0.717, 1.165) is 12.3 Å². The Kier molecular flexibility index (Phi) is 0.759. The topological polar surface area (TPSA) is 36.4 Å². The molecule has 0 bridgehead atoms. The van der Waals surface area contributed by atoms with Crippen LogP contribution in [-0.4, -0.2) is 12.3 Å². The van der Waals surface area contributed by atoms with E-state index in [2.05, 4.69) is 16.1 Å². The van der Waals surface area contributed by atoms with Crippen molar-refractivity contribution in [2.45, 2.75) is 6.92 Å². The molecule has 0 saturated carbocycles. The maximum absolute atomic E-state index is 3.79. The average Bonchev–Trinajstić information content (AvgIpc) is 1.86. The zero-order valence-electron chi connectivity index (χ0n) is 3.65. The van der Waals surface area contributed by atoms with Crippen LogP contribution in [0.3, 0.4) is 0 Å². The maximum atomic E-state index is 3.79. The van der Waals surface area contributed by atoms with Gasteiger partial charge in [-0.15, -0.1) is 0 Å². The second-order valence-corrected chi connectivity index (χ2v) is 1.31. The fourth-order valence-corrected chi connectivity index (χ4v) is 0.342. The Balaban J connectivity index is 2.45. The summed E-state index contributed by atoms with van der Waals surface area (Å²) in [5.41, 5.74) is 6.53. The molecule has 0 radical (unpaired) electrons. The van der Waals surface area contributed by atoms with Crippen LogP contribution in [0.1, 0.15) is 6.92 Å². The lowest BCUT2D eigenvalue weighted by molar-refractivity contribution is 0.653. The third-order valence-electron chi connectivity index (χ3n) is 0.670. The van der Waals surface area contributed by atoms with Crippen molar-refractivity contribution in [1.29, 1.82) is 0 Å². The molecule has 0 aromatic rings. The van der Waals surface area contributed by atoms with E-state index < -0.39 is 0 Å². The minimum absolute atomic E-state index is 0.875. The first kappa shape index (κ1) is 3.61. The van der Waals surface area contributed by atoms with Gasteiger partial charge in [-0.25, -0.2) is 11.0 Å². The molecule has 0 aliphatic carbocycles. The summed E-state index contributed by atoms with van der Waals surface area (Å²) in [6, 6.07) is 0. The van der Waals surface area contributed by atoms with Crippen molar-refractivity contribution in [3.8, 4) is 0 Å². The SMILES string of the molecule is CC1=NNNC1.